The summed E-state index contributed by atoms with van der Waals surface area (Å²) in [7, 11) is 0. The van der Waals surface area contributed by atoms with Crippen molar-refractivity contribution in [2.45, 2.75) is 19.3 Å². The summed E-state index contributed by atoms with van der Waals surface area (Å²) in [5.74, 6) is 0.467. The number of rotatable bonds is 1. The zero-order valence-electron chi connectivity index (χ0n) is 11.1. The van der Waals surface area contributed by atoms with Crippen molar-refractivity contribution in [3.05, 3.63) is 83.0 Å². The van der Waals surface area contributed by atoms with E-state index in [4.69, 9.17) is 0 Å². The Morgan fingerprint density at radius 3 is 2.63 bits per heavy atom. The summed E-state index contributed by atoms with van der Waals surface area (Å²) < 4.78 is 0. The third kappa shape index (κ3) is 1.67. The quantitative estimate of drug-likeness (QED) is 0.573. The molecule has 0 saturated carbocycles. The predicted octanol–water partition coefficient (Wildman–Crippen LogP) is 4.86. The molecule has 0 N–H and O–H groups in total. The highest BCUT2D eigenvalue weighted by atomic mass is 14.2. The molecule has 2 aliphatic carbocycles. The molecule has 0 amide bonds. The lowest BCUT2D eigenvalue weighted by atomic mass is 9.96. The Bertz CT molecular complexity index is 717. The lowest BCUT2D eigenvalue weighted by Gasteiger charge is -2.09. The smallest absolute Gasteiger partial charge is 0.0207 e. The van der Waals surface area contributed by atoms with E-state index in [2.05, 4.69) is 67.6 Å². The van der Waals surface area contributed by atoms with Crippen LogP contribution in [0, 0.1) is 0 Å². The van der Waals surface area contributed by atoms with Gasteiger partial charge in [0, 0.05) is 5.92 Å². The molecule has 92 valence electrons. The summed E-state index contributed by atoms with van der Waals surface area (Å²) in [6.45, 7) is 2.17. The monoisotopic (exact) mass is 244 g/mol. The van der Waals surface area contributed by atoms with E-state index < -0.39 is 0 Å². The van der Waals surface area contributed by atoms with Crippen molar-refractivity contribution < 1.29 is 0 Å². The number of hydrogen-bond acceptors (Lipinski definition) is 0. The molecule has 0 spiro atoms. The third-order valence-electron chi connectivity index (χ3n) is 4.21. The molecule has 0 bridgehead atoms. The minimum atomic E-state index is 0.467. The fraction of sp³-hybridized carbons (Fsp3) is 0.158. The van der Waals surface area contributed by atoms with Gasteiger partial charge in [-0.05, 0) is 41.2 Å². The largest absolute Gasteiger partial charge is 0.0730 e. The van der Waals surface area contributed by atoms with Gasteiger partial charge >= 0.3 is 0 Å². The van der Waals surface area contributed by atoms with E-state index in [1.165, 1.54) is 33.4 Å². The molecule has 0 heteroatoms. The summed E-state index contributed by atoms with van der Waals surface area (Å²) in [6.07, 6.45) is 7.92. The number of fused-ring (bicyclic) bond motifs is 3. The maximum Gasteiger partial charge on any atom is 0.0207 e. The van der Waals surface area contributed by atoms with Gasteiger partial charge in [-0.1, -0.05) is 66.3 Å². The predicted molar refractivity (Wildman–Crippen MR) is 80.3 cm³/mol. The molecule has 0 radical (unpaired) electrons. The first-order valence-corrected chi connectivity index (χ1v) is 6.89. The molecule has 0 aliphatic heterocycles. The zero-order chi connectivity index (χ0) is 12.8. The molecule has 2 aromatic carbocycles. The van der Waals surface area contributed by atoms with Gasteiger partial charge in [-0.15, -0.1) is 0 Å². The lowest BCUT2D eigenvalue weighted by molar-refractivity contribution is 1.09. The molecule has 0 saturated heterocycles. The van der Waals surface area contributed by atoms with E-state index in [9.17, 15) is 0 Å². The SMILES string of the molecule is CC1=CC(c2ccc3c(c2)Cc2ccccc2-3)C=C1. The molecule has 19 heavy (non-hydrogen) atoms. The van der Waals surface area contributed by atoms with Crippen LogP contribution >= 0.6 is 0 Å². The first-order valence-electron chi connectivity index (χ1n) is 6.89. The van der Waals surface area contributed by atoms with Crippen molar-refractivity contribution in [1.82, 2.24) is 0 Å². The molecular formula is C19H16. The second-order valence-corrected chi connectivity index (χ2v) is 5.55. The van der Waals surface area contributed by atoms with Crippen LogP contribution in [0.15, 0.2) is 66.3 Å². The van der Waals surface area contributed by atoms with Crippen molar-refractivity contribution in [2.24, 2.45) is 0 Å². The van der Waals surface area contributed by atoms with Gasteiger partial charge in [0.15, 0.2) is 0 Å². The molecule has 2 aromatic rings. The first-order chi connectivity index (χ1) is 9.31. The summed E-state index contributed by atoms with van der Waals surface area (Å²) in [6, 6.07) is 15.7. The third-order valence-corrected chi connectivity index (χ3v) is 4.21. The van der Waals surface area contributed by atoms with Crippen LogP contribution in [0.2, 0.25) is 0 Å². The highest BCUT2D eigenvalue weighted by molar-refractivity contribution is 5.77. The van der Waals surface area contributed by atoms with Crippen LogP contribution in [0.5, 0.6) is 0 Å². The Labute approximate surface area is 114 Å². The van der Waals surface area contributed by atoms with Crippen molar-refractivity contribution >= 4 is 0 Å². The van der Waals surface area contributed by atoms with E-state index >= 15 is 0 Å². The molecule has 2 aliphatic rings. The normalized spacial score (nSPS) is 19.2. The summed E-state index contributed by atoms with van der Waals surface area (Å²) in [5.41, 5.74) is 8.56. The van der Waals surface area contributed by atoms with E-state index in [1.54, 1.807) is 0 Å². The van der Waals surface area contributed by atoms with Gasteiger partial charge in [0.05, 0.1) is 0 Å². The molecular weight excluding hydrogens is 228 g/mol. The van der Waals surface area contributed by atoms with E-state index in [-0.39, 0.29) is 0 Å². The average Bonchev–Trinajstić information content (AvgIpc) is 3.01. The van der Waals surface area contributed by atoms with E-state index in [0.717, 1.165) is 6.42 Å². The summed E-state index contributed by atoms with van der Waals surface area (Å²) in [4.78, 5) is 0. The fourth-order valence-electron chi connectivity index (χ4n) is 3.23. The van der Waals surface area contributed by atoms with Crippen LogP contribution in [-0.2, 0) is 6.42 Å². The van der Waals surface area contributed by atoms with Crippen LogP contribution in [0.1, 0.15) is 29.5 Å². The average molecular weight is 244 g/mol. The fourth-order valence-corrected chi connectivity index (χ4v) is 3.23. The van der Waals surface area contributed by atoms with Gasteiger partial charge in [-0.3, -0.25) is 0 Å². The molecule has 0 fully saturated rings. The minimum Gasteiger partial charge on any atom is -0.0730 e. The topological polar surface area (TPSA) is 0 Å². The number of hydrogen-bond donors (Lipinski definition) is 0. The van der Waals surface area contributed by atoms with Crippen LogP contribution in [0.25, 0.3) is 11.1 Å². The summed E-state index contributed by atoms with van der Waals surface area (Å²) in [5, 5.41) is 0. The van der Waals surface area contributed by atoms with Gasteiger partial charge in [0.1, 0.15) is 0 Å². The van der Waals surface area contributed by atoms with Gasteiger partial charge in [0.2, 0.25) is 0 Å². The van der Waals surface area contributed by atoms with E-state index in [1.807, 2.05) is 0 Å². The van der Waals surface area contributed by atoms with Crippen LogP contribution in [-0.4, -0.2) is 0 Å². The number of benzene rings is 2. The molecule has 1 atom stereocenters. The summed E-state index contributed by atoms with van der Waals surface area (Å²) >= 11 is 0. The highest BCUT2D eigenvalue weighted by Crippen LogP contribution is 2.38. The standard InChI is InChI=1S/C19H16/c1-13-6-7-14(10-13)15-8-9-19-17(11-15)12-16-4-2-3-5-18(16)19/h2-11,14H,12H2,1H3. The van der Waals surface area contributed by atoms with Crippen LogP contribution < -0.4 is 0 Å². The molecule has 4 rings (SSSR count). The Morgan fingerprint density at radius 1 is 0.947 bits per heavy atom. The van der Waals surface area contributed by atoms with Crippen molar-refractivity contribution in [2.75, 3.05) is 0 Å². The van der Waals surface area contributed by atoms with Crippen molar-refractivity contribution in [3.8, 4) is 11.1 Å². The van der Waals surface area contributed by atoms with Gasteiger partial charge in [-0.2, -0.15) is 0 Å². The van der Waals surface area contributed by atoms with Gasteiger partial charge in [-0.25, -0.2) is 0 Å². The Kier molecular flexibility index (Phi) is 2.25. The van der Waals surface area contributed by atoms with Crippen molar-refractivity contribution in [3.63, 3.8) is 0 Å². The highest BCUT2D eigenvalue weighted by Gasteiger charge is 2.19. The van der Waals surface area contributed by atoms with Crippen LogP contribution in [0.3, 0.4) is 0 Å². The Balaban J connectivity index is 1.78. The Hall–Kier alpha value is -2.08. The van der Waals surface area contributed by atoms with E-state index in [0.29, 0.717) is 5.92 Å². The second-order valence-electron chi connectivity index (χ2n) is 5.55. The molecule has 0 aromatic heterocycles. The maximum atomic E-state index is 2.39. The van der Waals surface area contributed by atoms with Crippen LogP contribution in [0.4, 0.5) is 0 Å². The van der Waals surface area contributed by atoms with Crippen molar-refractivity contribution in [1.29, 1.82) is 0 Å². The Morgan fingerprint density at radius 2 is 1.79 bits per heavy atom. The molecule has 1 unspecified atom stereocenters. The second kappa shape index (κ2) is 3.96. The zero-order valence-corrected chi connectivity index (χ0v) is 11.1. The van der Waals surface area contributed by atoms with Gasteiger partial charge < -0.3 is 0 Å². The van der Waals surface area contributed by atoms with Gasteiger partial charge in [0.25, 0.3) is 0 Å². The molecule has 0 heterocycles. The molecule has 0 nitrogen and oxygen atoms in total. The minimum absolute atomic E-state index is 0.467. The maximum absolute atomic E-state index is 2.39. The lowest BCUT2D eigenvalue weighted by Crippen LogP contribution is -1.91. The first kappa shape index (κ1) is 10.8. The number of allylic oxidation sites excluding steroid dienone is 4.